The molecule has 0 amide bonds. The van der Waals surface area contributed by atoms with E-state index in [1.807, 2.05) is 0 Å². The zero-order valence-electron chi connectivity index (χ0n) is 13.9. The van der Waals surface area contributed by atoms with Crippen molar-refractivity contribution in [3.63, 3.8) is 0 Å². The Labute approximate surface area is 167 Å². The van der Waals surface area contributed by atoms with E-state index in [-0.39, 0.29) is 17.4 Å². The summed E-state index contributed by atoms with van der Waals surface area (Å²) in [5.41, 5.74) is 1.25. The second-order valence-electron chi connectivity index (χ2n) is 5.59. The molecule has 0 radical (unpaired) electrons. The van der Waals surface area contributed by atoms with Crippen molar-refractivity contribution in [2.75, 3.05) is 19.0 Å². The lowest BCUT2D eigenvalue weighted by Crippen LogP contribution is -2.16. The van der Waals surface area contributed by atoms with Gasteiger partial charge in [0.1, 0.15) is 19.0 Å². The zero-order valence-corrected chi connectivity index (χ0v) is 16.3. The number of rotatable bonds is 5. The van der Waals surface area contributed by atoms with E-state index in [4.69, 9.17) is 21.7 Å². The van der Waals surface area contributed by atoms with Crippen LogP contribution in [0.1, 0.15) is 10.4 Å². The Hall–Kier alpha value is -2.23. The highest BCUT2D eigenvalue weighted by Crippen LogP contribution is 2.32. The monoisotopic (exact) mass is 420 g/mol. The molecule has 9 heteroatoms. The summed E-state index contributed by atoms with van der Waals surface area (Å²) in [7, 11) is 0. The third-order valence-electron chi connectivity index (χ3n) is 3.79. The summed E-state index contributed by atoms with van der Waals surface area (Å²) in [5.74, 6) is 1.12. The molecule has 0 N–H and O–H groups in total. The molecule has 2 heterocycles. The number of carbonyl (C=O) groups is 1. The van der Waals surface area contributed by atoms with Crippen LogP contribution in [0, 0.1) is 9.77 Å². The Morgan fingerprint density at radius 1 is 1.19 bits per heavy atom. The Bertz CT molecular complexity index is 1050. The lowest BCUT2D eigenvalue weighted by molar-refractivity contribution is 0.102. The Morgan fingerprint density at radius 2 is 1.93 bits per heavy atom. The number of fused-ring (bicyclic) bond motifs is 1. The van der Waals surface area contributed by atoms with Gasteiger partial charge in [-0.15, -0.1) is 5.10 Å². The van der Waals surface area contributed by atoms with Crippen molar-refractivity contribution in [2.24, 2.45) is 0 Å². The molecule has 5 nitrogen and oxygen atoms in total. The highest BCUT2D eigenvalue weighted by molar-refractivity contribution is 8.01. The standard InChI is InChI=1S/C18H13FN2O3S3/c19-12-2-4-13(5-3-12)21-18(25)27-17(20-21)26-10-14(22)11-1-6-15-16(9-11)24-8-7-23-15/h1-6,9H,7-8,10H2. The second kappa shape index (κ2) is 7.79. The number of aromatic nitrogens is 2. The number of Topliss-reactive ketones (excluding diaryl/α,β-unsaturated/α-hetero) is 1. The van der Waals surface area contributed by atoms with Crippen LogP contribution in [0.15, 0.2) is 46.8 Å². The molecule has 0 unspecified atom stereocenters. The van der Waals surface area contributed by atoms with Gasteiger partial charge < -0.3 is 9.47 Å². The Morgan fingerprint density at radius 3 is 2.70 bits per heavy atom. The summed E-state index contributed by atoms with van der Waals surface area (Å²) in [4.78, 5) is 12.5. The van der Waals surface area contributed by atoms with Gasteiger partial charge in [-0.05, 0) is 54.7 Å². The van der Waals surface area contributed by atoms with Gasteiger partial charge in [0.25, 0.3) is 0 Å². The van der Waals surface area contributed by atoms with Crippen LogP contribution in [-0.4, -0.2) is 34.5 Å². The van der Waals surface area contributed by atoms with Gasteiger partial charge in [-0.25, -0.2) is 9.07 Å². The average molecular weight is 421 g/mol. The van der Waals surface area contributed by atoms with E-state index < -0.39 is 0 Å². The van der Waals surface area contributed by atoms with Gasteiger partial charge in [-0.1, -0.05) is 23.1 Å². The van der Waals surface area contributed by atoms with Crippen LogP contribution in [0.5, 0.6) is 11.5 Å². The van der Waals surface area contributed by atoms with Gasteiger partial charge in [-0.2, -0.15) is 0 Å². The Balaban J connectivity index is 1.46. The minimum atomic E-state index is -0.319. The van der Waals surface area contributed by atoms with Gasteiger partial charge in [-0.3, -0.25) is 4.79 Å². The summed E-state index contributed by atoms with van der Waals surface area (Å²) >= 11 is 7.95. The van der Waals surface area contributed by atoms with Gasteiger partial charge in [0.15, 0.2) is 25.6 Å². The molecule has 0 fully saturated rings. The molecule has 0 bridgehead atoms. The summed E-state index contributed by atoms with van der Waals surface area (Å²) in [6.45, 7) is 0.987. The van der Waals surface area contributed by atoms with Gasteiger partial charge in [0.2, 0.25) is 0 Å². The van der Waals surface area contributed by atoms with E-state index in [2.05, 4.69) is 5.10 Å². The molecule has 0 saturated heterocycles. The highest BCUT2D eigenvalue weighted by Gasteiger charge is 2.16. The van der Waals surface area contributed by atoms with Crippen molar-refractivity contribution in [3.8, 4) is 17.2 Å². The SMILES string of the molecule is O=C(CSc1nn(-c2ccc(F)cc2)c(=S)s1)c1ccc2c(c1)OCCO2. The normalized spacial score (nSPS) is 12.8. The number of carbonyl (C=O) groups excluding carboxylic acids is 1. The smallest absolute Gasteiger partial charge is 0.184 e. The van der Waals surface area contributed by atoms with Crippen LogP contribution >= 0.6 is 35.3 Å². The number of hydrogen-bond acceptors (Lipinski definition) is 7. The first-order valence-corrected chi connectivity index (χ1v) is 10.2. The minimum Gasteiger partial charge on any atom is -0.486 e. The van der Waals surface area contributed by atoms with Crippen LogP contribution in [-0.2, 0) is 0 Å². The number of halogens is 1. The quantitative estimate of drug-likeness (QED) is 0.343. The molecule has 1 aromatic heterocycles. The van der Waals surface area contributed by atoms with E-state index in [1.165, 1.54) is 35.2 Å². The predicted octanol–water partition coefficient (Wildman–Crippen LogP) is 4.55. The molecule has 0 spiro atoms. The molecule has 1 aliphatic heterocycles. The van der Waals surface area contributed by atoms with Crippen molar-refractivity contribution in [2.45, 2.75) is 4.34 Å². The maximum atomic E-state index is 13.1. The molecule has 0 atom stereocenters. The average Bonchev–Trinajstić information content (AvgIpc) is 3.07. The molecule has 1 aliphatic rings. The molecular weight excluding hydrogens is 407 g/mol. The van der Waals surface area contributed by atoms with Gasteiger partial charge in [0.05, 0.1) is 11.4 Å². The zero-order chi connectivity index (χ0) is 18.8. The maximum Gasteiger partial charge on any atom is 0.184 e. The number of hydrogen-bond donors (Lipinski definition) is 0. The summed E-state index contributed by atoms with van der Waals surface area (Å²) in [6.07, 6.45) is 0. The first-order valence-electron chi connectivity index (χ1n) is 8.02. The van der Waals surface area contributed by atoms with Crippen molar-refractivity contribution in [1.29, 1.82) is 0 Å². The molecule has 138 valence electrons. The van der Waals surface area contributed by atoms with E-state index in [0.29, 0.717) is 44.3 Å². The first-order chi connectivity index (χ1) is 13.1. The number of ether oxygens (including phenoxy) is 2. The van der Waals surface area contributed by atoms with Gasteiger partial charge in [0, 0.05) is 5.56 Å². The van der Waals surface area contributed by atoms with E-state index >= 15 is 0 Å². The molecule has 0 saturated carbocycles. The van der Waals surface area contributed by atoms with Crippen molar-refractivity contribution < 1.29 is 18.7 Å². The van der Waals surface area contributed by atoms with Crippen LogP contribution in [0.25, 0.3) is 5.69 Å². The number of nitrogens with zero attached hydrogens (tertiary/aromatic N) is 2. The summed E-state index contributed by atoms with van der Waals surface area (Å²) < 4.78 is 26.8. The second-order valence-corrected chi connectivity index (χ2v) is 8.44. The number of ketones is 1. The van der Waals surface area contributed by atoms with Crippen LogP contribution in [0.3, 0.4) is 0 Å². The van der Waals surface area contributed by atoms with Crippen molar-refractivity contribution >= 4 is 41.1 Å². The maximum absolute atomic E-state index is 13.1. The number of benzene rings is 2. The largest absolute Gasteiger partial charge is 0.486 e. The number of thioether (sulfide) groups is 1. The topological polar surface area (TPSA) is 53.4 Å². The van der Waals surface area contributed by atoms with Crippen LogP contribution < -0.4 is 9.47 Å². The molecule has 0 aliphatic carbocycles. The minimum absolute atomic E-state index is 0.0357. The molecule has 2 aromatic carbocycles. The molecule has 27 heavy (non-hydrogen) atoms. The Kier molecular flexibility index (Phi) is 5.24. The first kappa shape index (κ1) is 18.1. The van der Waals surface area contributed by atoms with E-state index in [0.717, 1.165) is 0 Å². The fourth-order valence-electron chi connectivity index (χ4n) is 2.49. The molecular formula is C18H13FN2O3S3. The van der Waals surface area contributed by atoms with Gasteiger partial charge >= 0.3 is 0 Å². The summed E-state index contributed by atoms with van der Waals surface area (Å²) in [6, 6.07) is 11.1. The third kappa shape index (κ3) is 4.05. The van der Waals surface area contributed by atoms with Crippen LogP contribution in [0.4, 0.5) is 4.39 Å². The lowest BCUT2D eigenvalue weighted by atomic mass is 10.1. The molecule has 3 aromatic rings. The van der Waals surface area contributed by atoms with Crippen molar-refractivity contribution in [3.05, 3.63) is 57.8 Å². The summed E-state index contributed by atoms with van der Waals surface area (Å²) in [5, 5.41) is 4.42. The lowest BCUT2D eigenvalue weighted by Gasteiger charge is -2.18. The predicted molar refractivity (Wildman–Crippen MR) is 105 cm³/mol. The fraction of sp³-hybridized carbons (Fsp3) is 0.167. The highest BCUT2D eigenvalue weighted by atomic mass is 32.2. The fourth-order valence-corrected chi connectivity index (χ4v) is 4.75. The third-order valence-corrected chi connectivity index (χ3v) is 6.16. The van der Waals surface area contributed by atoms with Crippen molar-refractivity contribution in [1.82, 2.24) is 9.78 Å². The van der Waals surface area contributed by atoms with E-state index in [1.54, 1.807) is 35.0 Å². The van der Waals surface area contributed by atoms with E-state index in [9.17, 15) is 9.18 Å². The molecule has 4 rings (SSSR count). The van der Waals surface area contributed by atoms with Crippen LogP contribution in [0.2, 0.25) is 0 Å².